The first kappa shape index (κ1) is 13.1. The van der Waals surface area contributed by atoms with Crippen LogP contribution in [0.1, 0.15) is 24.6 Å². The van der Waals surface area contributed by atoms with Crippen LogP contribution in [-0.2, 0) is 6.54 Å². The molecule has 0 aliphatic heterocycles. The molecular weight excluding hydrogens is 290 g/mol. The third-order valence-electron chi connectivity index (χ3n) is 2.73. The van der Waals surface area contributed by atoms with E-state index >= 15 is 0 Å². The summed E-state index contributed by atoms with van der Waals surface area (Å²) in [6, 6.07) is 6.26. The molecular formula is C14H18BrN3. The Balaban J connectivity index is 2.27. The van der Waals surface area contributed by atoms with Gasteiger partial charge in [-0.1, -0.05) is 13.0 Å². The van der Waals surface area contributed by atoms with Crippen LogP contribution in [0.3, 0.4) is 0 Å². The SMILES string of the molecule is CCCn1cc(C)nc1Nc1ccc(C)cc1Br. The van der Waals surface area contributed by atoms with Gasteiger partial charge in [-0.3, -0.25) is 0 Å². The van der Waals surface area contributed by atoms with Crippen LogP contribution in [0.25, 0.3) is 0 Å². The lowest BCUT2D eigenvalue weighted by atomic mass is 10.2. The van der Waals surface area contributed by atoms with Crippen molar-refractivity contribution in [1.29, 1.82) is 0 Å². The maximum atomic E-state index is 4.52. The van der Waals surface area contributed by atoms with Crippen molar-refractivity contribution in [3.8, 4) is 0 Å². The number of nitrogens with one attached hydrogen (secondary N) is 1. The van der Waals surface area contributed by atoms with E-state index in [-0.39, 0.29) is 0 Å². The van der Waals surface area contributed by atoms with Gasteiger partial charge in [-0.2, -0.15) is 0 Å². The molecule has 3 nitrogen and oxygen atoms in total. The molecule has 0 saturated heterocycles. The highest BCUT2D eigenvalue weighted by Crippen LogP contribution is 2.26. The number of rotatable bonds is 4. The molecule has 0 amide bonds. The quantitative estimate of drug-likeness (QED) is 0.906. The van der Waals surface area contributed by atoms with Crippen molar-refractivity contribution >= 4 is 27.6 Å². The summed E-state index contributed by atoms with van der Waals surface area (Å²) >= 11 is 3.58. The van der Waals surface area contributed by atoms with Gasteiger partial charge in [-0.25, -0.2) is 4.98 Å². The summed E-state index contributed by atoms with van der Waals surface area (Å²) in [7, 11) is 0. The molecule has 0 fully saturated rings. The van der Waals surface area contributed by atoms with E-state index in [0.29, 0.717) is 0 Å². The molecule has 2 rings (SSSR count). The molecule has 0 spiro atoms. The second-order valence-electron chi connectivity index (χ2n) is 4.51. The molecule has 1 heterocycles. The summed E-state index contributed by atoms with van der Waals surface area (Å²) in [5, 5.41) is 3.38. The number of imidazole rings is 1. The van der Waals surface area contributed by atoms with Gasteiger partial charge in [0, 0.05) is 17.2 Å². The molecule has 0 atom stereocenters. The van der Waals surface area contributed by atoms with Crippen LogP contribution < -0.4 is 5.32 Å². The van der Waals surface area contributed by atoms with Crippen molar-refractivity contribution in [2.75, 3.05) is 5.32 Å². The molecule has 96 valence electrons. The van der Waals surface area contributed by atoms with Crippen molar-refractivity contribution < 1.29 is 0 Å². The third kappa shape index (κ3) is 2.93. The molecule has 0 saturated carbocycles. The lowest BCUT2D eigenvalue weighted by Gasteiger charge is -2.10. The zero-order valence-corrected chi connectivity index (χ0v) is 12.6. The lowest BCUT2D eigenvalue weighted by molar-refractivity contribution is 0.686. The molecule has 1 aromatic carbocycles. The van der Waals surface area contributed by atoms with Crippen LogP contribution in [0.4, 0.5) is 11.6 Å². The Hall–Kier alpha value is -1.29. The Kier molecular flexibility index (Phi) is 4.07. The van der Waals surface area contributed by atoms with Crippen LogP contribution in [0.5, 0.6) is 0 Å². The fourth-order valence-electron chi connectivity index (χ4n) is 1.90. The molecule has 2 aromatic rings. The molecule has 0 bridgehead atoms. The minimum absolute atomic E-state index is 0.902. The van der Waals surface area contributed by atoms with E-state index in [2.05, 4.69) is 69.0 Å². The van der Waals surface area contributed by atoms with Gasteiger partial charge in [0.15, 0.2) is 0 Å². The first-order valence-electron chi connectivity index (χ1n) is 6.17. The second-order valence-corrected chi connectivity index (χ2v) is 5.36. The van der Waals surface area contributed by atoms with Crippen molar-refractivity contribution in [1.82, 2.24) is 9.55 Å². The number of aromatic nitrogens is 2. The zero-order valence-electron chi connectivity index (χ0n) is 11.0. The largest absolute Gasteiger partial charge is 0.325 e. The zero-order chi connectivity index (χ0) is 13.1. The Labute approximate surface area is 116 Å². The summed E-state index contributed by atoms with van der Waals surface area (Å²) in [5.74, 6) is 0.902. The summed E-state index contributed by atoms with van der Waals surface area (Å²) in [6.45, 7) is 7.24. The van der Waals surface area contributed by atoms with E-state index in [0.717, 1.165) is 34.8 Å². The number of benzene rings is 1. The smallest absolute Gasteiger partial charge is 0.207 e. The maximum absolute atomic E-state index is 4.52. The molecule has 0 aliphatic carbocycles. The molecule has 1 aromatic heterocycles. The number of hydrogen-bond donors (Lipinski definition) is 1. The molecule has 1 N–H and O–H groups in total. The summed E-state index contributed by atoms with van der Waals surface area (Å²) in [5.41, 5.74) is 3.32. The predicted octanol–water partition coefficient (Wildman–Crippen LogP) is 4.42. The van der Waals surface area contributed by atoms with Gasteiger partial charge in [-0.05, 0) is 53.9 Å². The average Bonchev–Trinajstić information content (AvgIpc) is 2.64. The van der Waals surface area contributed by atoms with E-state index < -0.39 is 0 Å². The molecule has 4 heteroatoms. The average molecular weight is 308 g/mol. The van der Waals surface area contributed by atoms with E-state index in [1.54, 1.807) is 0 Å². The number of halogens is 1. The normalized spacial score (nSPS) is 10.7. The highest BCUT2D eigenvalue weighted by atomic mass is 79.9. The molecule has 0 aliphatic rings. The van der Waals surface area contributed by atoms with Gasteiger partial charge in [0.05, 0.1) is 11.4 Å². The fraction of sp³-hybridized carbons (Fsp3) is 0.357. The van der Waals surface area contributed by atoms with Crippen LogP contribution in [0.15, 0.2) is 28.9 Å². The third-order valence-corrected chi connectivity index (χ3v) is 3.39. The van der Waals surface area contributed by atoms with E-state index in [9.17, 15) is 0 Å². The topological polar surface area (TPSA) is 29.9 Å². The summed E-state index contributed by atoms with van der Waals surface area (Å²) in [6.07, 6.45) is 3.17. The number of nitrogens with zero attached hydrogens (tertiary/aromatic N) is 2. The number of hydrogen-bond acceptors (Lipinski definition) is 2. The molecule has 0 unspecified atom stereocenters. The van der Waals surface area contributed by atoms with Gasteiger partial charge >= 0.3 is 0 Å². The van der Waals surface area contributed by atoms with Crippen molar-refractivity contribution in [2.24, 2.45) is 0 Å². The summed E-state index contributed by atoms with van der Waals surface area (Å²) in [4.78, 5) is 4.52. The minimum atomic E-state index is 0.902. The first-order valence-corrected chi connectivity index (χ1v) is 6.96. The Morgan fingerprint density at radius 3 is 2.78 bits per heavy atom. The minimum Gasteiger partial charge on any atom is -0.325 e. The molecule has 0 radical (unpaired) electrons. The van der Waals surface area contributed by atoms with Crippen LogP contribution in [0, 0.1) is 13.8 Å². The van der Waals surface area contributed by atoms with Crippen molar-refractivity contribution in [3.63, 3.8) is 0 Å². The lowest BCUT2D eigenvalue weighted by Crippen LogP contribution is -2.03. The van der Waals surface area contributed by atoms with Crippen LogP contribution in [0.2, 0.25) is 0 Å². The predicted molar refractivity (Wildman–Crippen MR) is 79.4 cm³/mol. The van der Waals surface area contributed by atoms with Crippen LogP contribution >= 0.6 is 15.9 Å². The van der Waals surface area contributed by atoms with Gasteiger partial charge in [-0.15, -0.1) is 0 Å². The molecule has 18 heavy (non-hydrogen) atoms. The van der Waals surface area contributed by atoms with Gasteiger partial charge in [0.1, 0.15) is 0 Å². The van der Waals surface area contributed by atoms with Crippen molar-refractivity contribution in [3.05, 3.63) is 40.1 Å². The van der Waals surface area contributed by atoms with Crippen molar-refractivity contribution in [2.45, 2.75) is 33.7 Å². The Bertz CT molecular complexity index is 546. The number of aryl methyl sites for hydroxylation is 3. The number of anilines is 2. The van der Waals surface area contributed by atoms with Gasteiger partial charge in [0.2, 0.25) is 5.95 Å². The first-order chi connectivity index (χ1) is 8.60. The fourth-order valence-corrected chi connectivity index (χ4v) is 2.49. The van der Waals surface area contributed by atoms with E-state index in [1.807, 2.05) is 6.92 Å². The van der Waals surface area contributed by atoms with E-state index in [1.165, 1.54) is 5.56 Å². The van der Waals surface area contributed by atoms with E-state index in [4.69, 9.17) is 0 Å². The van der Waals surface area contributed by atoms with Gasteiger partial charge in [0.25, 0.3) is 0 Å². The monoisotopic (exact) mass is 307 g/mol. The highest BCUT2D eigenvalue weighted by Gasteiger charge is 2.07. The maximum Gasteiger partial charge on any atom is 0.207 e. The highest BCUT2D eigenvalue weighted by molar-refractivity contribution is 9.10. The second kappa shape index (κ2) is 5.57. The summed E-state index contributed by atoms with van der Waals surface area (Å²) < 4.78 is 3.22. The Morgan fingerprint density at radius 1 is 1.33 bits per heavy atom. The Morgan fingerprint density at radius 2 is 2.11 bits per heavy atom. The standard InChI is InChI=1S/C14H18BrN3/c1-4-7-18-9-11(3)16-14(18)17-13-6-5-10(2)8-12(13)15/h5-6,8-9H,4,7H2,1-3H3,(H,16,17). The van der Waals surface area contributed by atoms with Gasteiger partial charge < -0.3 is 9.88 Å². The van der Waals surface area contributed by atoms with Crippen LogP contribution in [-0.4, -0.2) is 9.55 Å².